The van der Waals surface area contributed by atoms with Crippen LogP contribution in [0.3, 0.4) is 0 Å². The third-order valence-electron chi connectivity index (χ3n) is 2.16. The maximum atomic E-state index is 7.76. The SMILES string of the molecule is CCOC(=N)c1cc(C)cc(C)c1OC. The van der Waals surface area contributed by atoms with Gasteiger partial charge in [-0.25, -0.2) is 0 Å². The second kappa shape index (κ2) is 4.82. The number of nitrogens with one attached hydrogen (secondary N) is 1. The highest BCUT2D eigenvalue weighted by Crippen LogP contribution is 2.25. The molecule has 0 aliphatic heterocycles. The van der Waals surface area contributed by atoms with Gasteiger partial charge in [0.15, 0.2) is 0 Å². The van der Waals surface area contributed by atoms with Gasteiger partial charge in [-0.2, -0.15) is 0 Å². The van der Waals surface area contributed by atoms with Gasteiger partial charge in [0.25, 0.3) is 0 Å². The lowest BCUT2D eigenvalue weighted by molar-refractivity contribution is 0.322. The van der Waals surface area contributed by atoms with Gasteiger partial charge in [0, 0.05) is 0 Å². The molecule has 1 aromatic rings. The molecule has 0 atom stereocenters. The van der Waals surface area contributed by atoms with Crippen molar-refractivity contribution >= 4 is 5.90 Å². The van der Waals surface area contributed by atoms with E-state index in [4.69, 9.17) is 14.9 Å². The molecule has 0 fully saturated rings. The van der Waals surface area contributed by atoms with Crippen molar-refractivity contribution in [1.82, 2.24) is 0 Å². The molecule has 1 rings (SSSR count). The molecule has 0 heterocycles. The molecule has 0 aromatic heterocycles. The number of rotatable bonds is 3. The summed E-state index contributed by atoms with van der Waals surface area (Å²) in [4.78, 5) is 0. The van der Waals surface area contributed by atoms with Gasteiger partial charge in [0.2, 0.25) is 5.90 Å². The minimum atomic E-state index is 0.168. The van der Waals surface area contributed by atoms with E-state index in [1.54, 1.807) is 7.11 Å². The quantitative estimate of drug-likeness (QED) is 0.611. The lowest BCUT2D eigenvalue weighted by Gasteiger charge is -2.13. The Hall–Kier alpha value is -1.51. The zero-order valence-electron chi connectivity index (χ0n) is 9.68. The summed E-state index contributed by atoms with van der Waals surface area (Å²) in [6, 6.07) is 3.94. The van der Waals surface area contributed by atoms with Crippen molar-refractivity contribution in [3.05, 3.63) is 28.8 Å². The van der Waals surface area contributed by atoms with E-state index in [-0.39, 0.29) is 5.90 Å². The van der Waals surface area contributed by atoms with E-state index in [1.807, 2.05) is 32.9 Å². The minimum absolute atomic E-state index is 0.168. The Bertz CT molecular complexity index is 372. The average molecular weight is 207 g/mol. The minimum Gasteiger partial charge on any atom is -0.496 e. The Labute approximate surface area is 90.5 Å². The first kappa shape index (κ1) is 11.6. The van der Waals surface area contributed by atoms with Crippen LogP contribution in [0.25, 0.3) is 0 Å². The highest BCUT2D eigenvalue weighted by atomic mass is 16.5. The number of benzene rings is 1. The molecule has 0 amide bonds. The van der Waals surface area contributed by atoms with E-state index in [1.165, 1.54) is 0 Å². The van der Waals surface area contributed by atoms with Crippen LogP contribution >= 0.6 is 0 Å². The zero-order valence-corrected chi connectivity index (χ0v) is 9.68. The van der Waals surface area contributed by atoms with Gasteiger partial charge in [0.1, 0.15) is 5.75 Å². The Balaban J connectivity index is 3.20. The van der Waals surface area contributed by atoms with Gasteiger partial charge in [0.05, 0.1) is 19.3 Å². The summed E-state index contributed by atoms with van der Waals surface area (Å²) in [6.45, 7) is 6.32. The Morgan fingerprint density at radius 3 is 2.53 bits per heavy atom. The van der Waals surface area contributed by atoms with Crippen molar-refractivity contribution in [2.45, 2.75) is 20.8 Å². The largest absolute Gasteiger partial charge is 0.496 e. The molecule has 0 bridgehead atoms. The normalized spacial score (nSPS) is 9.87. The highest BCUT2D eigenvalue weighted by Gasteiger charge is 2.12. The van der Waals surface area contributed by atoms with E-state index in [2.05, 4.69) is 0 Å². The van der Waals surface area contributed by atoms with Crippen LogP contribution in [0, 0.1) is 19.3 Å². The fraction of sp³-hybridized carbons (Fsp3) is 0.417. The van der Waals surface area contributed by atoms with Crippen molar-refractivity contribution in [3.63, 3.8) is 0 Å². The Morgan fingerprint density at radius 1 is 1.33 bits per heavy atom. The van der Waals surface area contributed by atoms with Gasteiger partial charge < -0.3 is 9.47 Å². The molecule has 0 saturated carbocycles. The summed E-state index contributed by atoms with van der Waals surface area (Å²) in [5.74, 6) is 0.889. The van der Waals surface area contributed by atoms with E-state index < -0.39 is 0 Å². The topological polar surface area (TPSA) is 42.3 Å². The van der Waals surface area contributed by atoms with Gasteiger partial charge in [-0.1, -0.05) is 6.07 Å². The number of hydrogen-bond donors (Lipinski definition) is 1. The van der Waals surface area contributed by atoms with Crippen LogP contribution < -0.4 is 4.74 Å². The van der Waals surface area contributed by atoms with E-state index in [9.17, 15) is 0 Å². The van der Waals surface area contributed by atoms with Crippen LogP contribution in [0.4, 0.5) is 0 Å². The molecule has 3 nitrogen and oxygen atoms in total. The molecule has 0 spiro atoms. The van der Waals surface area contributed by atoms with Crippen molar-refractivity contribution in [2.24, 2.45) is 0 Å². The second-order valence-corrected chi connectivity index (χ2v) is 3.42. The molecule has 0 unspecified atom stereocenters. The molecule has 0 radical (unpaired) electrons. The molecular formula is C12H17NO2. The first-order chi connectivity index (χ1) is 7.10. The predicted octanol–water partition coefficient (Wildman–Crippen LogP) is 2.67. The zero-order chi connectivity index (χ0) is 11.4. The maximum Gasteiger partial charge on any atom is 0.217 e. The van der Waals surface area contributed by atoms with Crippen LogP contribution in [0.5, 0.6) is 5.75 Å². The number of aryl methyl sites for hydroxylation is 2. The molecular weight excluding hydrogens is 190 g/mol. The van der Waals surface area contributed by atoms with Gasteiger partial charge in [-0.3, -0.25) is 5.41 Å². The summed E-state index contributed by atoms with van der Waals surface area (Å²) in [7, 11) is 1.61. The molecule has 0 saturated heterocycles. The lowest BCUT2D eigenvalue weighted by Crippen LogP contribution is -2.08. The summed E-state index contributed by atoms with van der Waals surface area (Å²) in [5, 5.41) is 7.76. The lowest BCUT2D eigenvalue weighted by atomic mass is 10.1. The monoisotopic (exact) mass is 207 g/mol. The first-order valence-corrected chi connectivity index (χ1v) is 4.97. The highest BCUT2D eigenvalue weighted by molar-refractivity contribution is 5.95. The van der Waals surface area contributed by atoms with Gasteiger partial charge in [-0.05, 0) is 38.0 Å². The molecule has 3 heteroatoms. The molecule has 1 aromatic carbocycles. The summed E-state index contributed by atoms with van der Waals surface area (Å²) >= 11 is 0. The molecule has 1 N–H and O–H groups in total. The molecule has 0 aliphatic rings. The summed E-state index contributed by atoms with van der Waals surface area (Å²) in [6.07, 6.45) is 0. The molecule has 0 aliphatic carbocycles. The standard InChI is InChI=1S/C12H17NO2/c1-5-15-12(13)10-7-8(2)6-9(3)11(10)14-4/h6-7,13H,5H2,1-4H3. The smallest absolute Gasteiger partial charge is 0.217 e. The van der Waals surface area contributed by atoms with Gasteiger partial charge >= 0.3 is 0 Å². The Kier molecular flexibility index (Phi) is 3.72. The van der Waals surface area contributed by atoms with Crippen molar-refractivity contribution in [3.8, 4) is 5.75 Å². The van der Waals surface area contributed by atoms with Crippen molar-refractivity contribution in [2.75, 3.05) is 13.7 Å². The number of hydrogen-bond acceptors (Lipinski definition) is 3. The Morgan fingerprint density at radius 2 is 2.00 bits per heavy atom. The number of ether oxygens (including phenoxy) is 2. The summed E-state index contributed by atoms with van der Waals surface area (Å²) < 4.78 is 10.5. The fourth-order valence-corrected chi connectivity index (χ4v) is 1.62. The third-order valence-corrected chi connectivity index (χ3v) is 2.16. The average Bonchev–Trinajstić information content (AvgIpc) is 2.17. The van der Waals surface area contributed by atoms with Crippen LogP contribution in [0.15, 0.2) is 12.1 Å². The third kappa shape index (κ3) is 2.49. The van der Waals surface area contributed by atoms with Crippen LogP contribution in [-0.4, -0.2) is 19.6 Å². The van der Waals surface area contributed by atoms with E-state index in [0.717, 1.165) is 22.4 Å². The molecule has 15 heavy (non-hydrogen) atoms. The number of methoxy groups -OCH3 is 1. The first-order valence-electron chi connectivity index (χ1n) is 4.97. The van der Waals surface area contributed by atoms with Crippen molar-refractivity contribution in [1.29, 1.82) is 5.41 Å². The van der Waals surface area contributed by atoms with E-state index >= 15 is 0 Å². The maximum absolute atomic E-state index is 7.76. The van der Waals surface area contributed by atoms with Crippen LogP contribution in [-0.2, 0) is 4.74 Å². The van der Waals surface area contributed by atoms with Crippen molar-refractivity contribution < 1.29 is 9.47 Å². The summed E-state index contributed by atoms with van der Waals surface area (Å²) in [5.41, 5.74) is 2.85. The van der Waals surface area contributed by atoms with Crippen LogP contribution in [0.1, 0.15) is 23.6 Å². The fourth-order valence-electron chi connectivity index (χ4n) is 1.62. The van der Waals surface area contributed by atoms with E-state index in [0.29, 0.717) is 6.61 Å². The van der Waals surface area contributed by atoms with Crippen LogP contribution in [0.2, 0.25) is 0 Å². The second-order valence-electron chi connectivity index (χ2n) is 3.42. The predicted molar refractivity (Wildman–Crippen MR) is 60.9 cm³/mol. The molecule has 82 valence electrons. The van der Waals surface area contributed by atoms with Gasteiger partial charge in [-0.15, -0.1) is 0 Å².